The molecule has 0 radical (unpaired) electrons. The first-order valence-corrected chi connectivity index (χ1v) is 7.19. The first-order chi connectivity index (χ1) is 10.3. The average molecular weight is 283 g/mol. The number of aryl methyl sites for hydroxylation is 1. The summed E-state index contributed by atoms with van der Waals surface area (Å²) in [5.41, 5.74) is 1.78. The van der Waals surface area contributed by atoms with E-state index in [1.54, 1.807) is 0 Å². The molecule has 0 bridgehead atoms. The molecule has 108 valence electrons. The van der Waals surface area contributed by atoms with Crippen molar-refractivity contribution in [3.05, 3.63) is 42.1 Å². The fourth-order valence-corrected chi connectivity index (χ4v) is 2.89. The normalized spacial score (nSPS) is 19.6. The van der Waals surface area contributed by atoms with Gasteiger partial charge in [0.15, 0.2) is 11.5 Å². The second-order valence-corrected chi connectivity index (χ2v) is 5.52. The van der Waals surface area contributed by atoms with Gasteiger partial charge in [-0.2, -0.15) is 14.7 Å². The van der Waals surface area contributed by atoms with E-state index in [2.05, 4.69) is 25.3 Å². The van der Waals surface area contributed by atoms with E-state index < -0.39 is 0 Å². The van der Waals surface area contributed by atoms with E-state index in [9.17, 15) is 0 Å². The van der Waals surface area contributed by atoms with Gasteiger partial charge in [-0.25, -0.2) is 0 Å². The fraction of sp³-hybridized carbons (Fsp3) is 0.429. The first-order valence-electron chi connectivity index (χ1n) is 7.19. The van der Waals surface area contributed by atoms with Crippen molar-refractivity contribution in [3.8, 4) is 0 Å². The Kier molecular flexibility index (Phi) is 2.92. The van der Waals surface area contributed by atoms with Gasteiger partial charge in [-0.1, -0.05) is 0 Å². The van der Waals surface area contributed by atoms with Gasteiger partial charge in [0, 0.05) is 25.5 Å². The van der Waals surface area contributed by atoms with Crippen LogP contribution in [0.4, 0.5) is 0 Å². The summed E-state index contributed by atoms with van der Waals surface area (Å²) in [6.07, 6.45) is 4.98. The Balaban J connectivity index is 1.52. The van der Waals surface area contributed by atoms with Crippen molar-refractivity contribution in [2.24, 2.45) is 0 Å². The van der Waals surface area contributed by atoms with Gasteiger partial charge in [0.1, 0.15) is 0 Å². The summed E-state index contributed by atoms with van der Waals surface area (Å²) in [7, 11) is 0. The minimum Gasteiger partial charge on any atom is -0.294 e. The van der Waals surface area contributed by atoms with Crippen molar-refractivity contribution in [1.29, 1.82) is 0 Å². The number of likely N-dealkylation sites (tertiary alicyclic amines) is 1. The molecule has 1 unspecified atom stereocenters. The molecule has 7 heteroatoms. The molecule has 3 aromatic heterocycles. The average Bonchev–Trinajstić information content (AvgIpc) is 3.20. The second kappa shape index (κ2) is 4.92. The van der Waals surface area contributed by atoms with Crippen molar-refractivity contribution in [2.45, 2.75) is 25.9 Å². The lowest BCUT2D eigenvalue weighted by molar-refractivity contribution is 0.301. The van der Waals surface area contributed by atoms with Gasteiger partial charge in [-0.15, -0.1) is 10.2 Å². The molecule has 0 N–H and O–H groups in total. The van der Waals surface area contributed by atoms with Crippen molar-refractivity contribution >= 4 is 5.65 Å². The van der Waals surface area contributed by atoms with Crippen LogP contribution in [-0.2, 0) is 6.54 Å². The highest BCUT2D eigenvalue weighted by atomic mass is 15.4. The third kappa shape index (κ3) is 2.29. The zero-order chi connectivity index (χ0) is 14.2. The van der Waals surface area contributed by atoms with Gasteiger partial charge in [0.05, 0.1) is 18.3 Å². The van der Waals surface area contributed by atoms with Crippen LogP contribution < -0.4 is 0 Å². The van der Waals surface area contributed by atoms with Crippen molar-refractivity contribution in [3.63, 3.8) is 0 Å². The zero-order valence-corrected chi connectivity index (χ0v) is 11.9. The largest absolute Gasteiger partial charge is 0.294 e. The highest BCUT2D eigenvalue weighted by Gasteiger charge is 2.25. The van der Waals surface area contributed by atoms with E-state index in [-0.39, 0.29) is 0 Å². The van der Waals surface area contributed by atoms with E-state index in [4.69, 9.17) is 0 Å². The molecule has 4 rings (SSSR count). The standard InChI is InChI=1S/C14H17N7/c1-11-3-4-13-16-17-14(21(13)18-11)10-19-8-5-12(9-19)20-7-2-6-15-20/h2-4,6-7,12H,5,8-10H2,1H3. The van der Waals surface area contributed by atoms with Crippen LogP contribution in [0, 0.1) is 6.92 Å². The molecular weight excluding hydrogens is 266 g/mol. The molecule has 7 nitrogen and oxygen atoms in total. The molecule has 1 fully saturated rings. The predicted molar refractivity (Wildman–Crippen MR) is 76.7 cm³/mol. The Morgan fingerprint density at radius 3 is 3.10 bits per heavy atom. The molecular formula is C14H17N7. The third-order valence-corrected chi connectivity index (χ3v) is 3.97. The lowest BCUT2D eigenvalue weighted by atomic mass is 10.3. The quantitative estimate of drug-likeness (QED) is 0.719. The maximum absolute atomic E-state index is 4.49. The van der Waals surface area contributed by atoms with E-state index >= 15 is 0 Å². The zero-order valence-electron chi connectivity index (χ0n) is 11.9. The molecule has 0 spiro atoms. The highest BCUT2D eigenvalue weighted by molar-refractivity contribution is 5.35. The van der Waals surface area contributed by atoms with Crippen LogP contribution in [0.25, 0.3) is 5.65 Å². The second-order valence-electron chi connectivity index (χ2n) is 5.52. The molecule has 3 aromatic rings. The maximum Gasteiger partial charge on any atom is 0.177 e. The molecule has 1 aliphatic rings. The lowest BCUT2D eigenvalue weighted by Gasteiger charge is -2.14. The molecule has 1 saturated heterocycles. The Hall–Kier alpha value is -2.28. The molecule has 0 amide bonds. The molecule has 0 aromatic carbocycles. The van der Waals surface area contributed by atoms with Gasteiger partial charge in [-0.3, -0.25) is 9.58 Å². The van der Waals surface area contributed by atoms with E-state index in [0.717, 1.165) is 43.2 Å². The summed E-state index contributed by atoms with van der Waals surface area (Å²) < 4.78 is 3.89. The summed E-state index contributed by atoms with van der Waals surface area (Å²) in [6, 6.07) is 6.34. The summed E-state index contributed by atoms with van der Waals surface area (Å²) in [5, 5.41) is 17.3. The summed E-state index contributed by atoms with van der Waals surface area (Å²) in [4.78, 5) is 2.38. The van der Waals surface area contributed by atoms with Gasteiger partial charge in [0.25, 0.3) is 0 Å². The van der Waals surface area contributed by atoms with Gasteiger partial charge >= 0.3 is 0 Å². The fourth-order valence-electron chi connectivity index (χ4n) is 2.89. The van der Waals surface area contributed by atoms with Crippen LogP contribution in [0.15, 0.2) is 30.6 Å². The Bertz CT molecular complexity index is 746. The summed E-state index contributed by atoms with van der Waals surface area (Å²) in [5.74, 6) is 0.898. The Morgan fingerprint density at radius 1 is 1.29 bits per heavy atom. The highest BCUT2D eigenvalue weighted by Crippen LogP contribution is 2.21. The van der Waals surface area contributed by atoms with Crippen LogP contribution in [0.1, 0.15) is 24.0 Å². The smallest absolute Gasteiger partial charge is 0.177 e. The lowest BCUT2D eigenvalue weighted by Crippen LogP contribution is -2.23. The Morgan fingerprint density at radius 2 is 2.24 bits per heavy atom. The molecule has 1 aliphatic heterocycles. The number of fused-ring (bicyclic) bond motifs is 1. The van der Waals surface area contributed by atoms with Crippen LogP contribution in [0.3, 0.4) is 0 Å². The minimum absolute atomic E-state index is 0.453. The number of nitrogens with zero attached hydrogens (tertiary/aromatic N) is 7. The number of hydrogen-bond donors (Lipinski definition) is 0. The first kappa shape index (κ1) is 12.5. The van der Waals surface area contributed by atoms with Gasteiger partial charge < -0.3 is 0 Å². The number of hydrogen-bond acceptors (Lipinski definition) is 5. The molecule has 1 atom stereocenters. The molecule has 0 saturated carbocycles. The molecule has 21 heavy (non-hydrogen) atoms. The van der Waals surface area contributed by atoms with E-state index in [1.807, 2.05) is 46.7 Å². The van der Waals surface area contributed by atoms with Gasteiger partial charge in [-0.05, 0) is 31.5 Å². The monoisotopic (exact) mass is 283 g/mol. The van der Waals surface area contributed by atoms with Crippen LogP contribution >= 0.6 is 0 Å². The minimum atomic E-state index is 0.453. The van der Waals surface area contributed by atoms with Crippen LogP contribution in [0.5, 0.6) is 0 Å². The number of aromatic nitrogens is 6. The maximum atomic E-state index is 4.49. The third-order valence-electron chi connectivity index (χ3n) is 3.97. The van der Waals surface area contributed by atoms with Crippen molar-refractivity contribution in [2.75, 3.05) is 13.1 Å². The van der Waals surface area contributed by atoms with Gasteiger partial charge in [0.2, 0.25) is 0 Å². The van der Waals surface area contributed by atoms with Crippen molar-refractivity contribution in [1.82, 2.24) is 34.5 Å². The summed E-state index contributed by atoms with van der Waals surface area (Å²) >= 11 is 0. The SMILES string of the molecule is Cc1ccc2nnc(CN3CCC(n4cccn4)C3)n2n1. The Labute approximate surface area is 122 Å². The summed E-state index contributed by atoms with van der Waals surface area (Å²) in [6.45, 7) is 4.79. The van der Waals surface area contributed by atoms with Crippen molar-refractivity contribution < 1.29 is 0 Å². The van der Waals surface area contributed by atoms with Crippen LogP contribution in [0.2, 0.25) is 0 Å². The topological polar surface area (TPSA) is 64.1 Å². The van der Waals surface area contributed by atoms with E-state index in [1.165, 1.54) is 0 Å². The molecule has 4 heterocycles. The molecule has 0 aliphatic carbocycles. The van der Waals surface area contributed by atoms with E-state index in [0.29, 0.717) is 6.04 Å². The predicted octanol–water partition coefficient (Wildman–Crippen LogP) is 1.08. The van der Waals surface area contributed by atoms with Crippen LogP contribution in [-0.4, -0.2) is 47.6 Å². The number of rotatable bonds is 3.